The minimum absolute atomic E-state index is 0.231. The number of rotatable bonds is 1. The molecule has 0 aliphatic rings. The third kappa shape index (κ3) is 2.81. The second-order valence-corrected chi connectivity index (χ2v) is 3.57. The SMILES string of the molecule is O[C@H](c1cnc(C(F)(F)F)s1)C(F)(F)F. The molecule has 1 heterocycles. The average molecular weight is 251 g/mol. The second-order valence-electron chi connectivity index (χ2n) is 2.51. The van der Waals surface area contributed by atoms with E-state index in [2.05, 4.69) is 4.98 Å². The van der Waals surface area contributed by atoms with E-state index in [1.165, 1.54) is 0 Å². The minimum atomic E-state index is -4.99. The van der Waals surface area contributed by atoms with Crippen molar-refractivity contribution in [3.8, 4) is 0 Å². The van der Waals surface area contributed by atoms with Crippen LogP contribution in [0.5, 0.6) is 0 Å². The van der Waals surface area contributed by atoms with Gasteiger partial charge in [-0.25, -0.2) is 4.98 Å². The lowest BCUT2D eigenvalue weighted by atomic mass is 10.3. The summed E-state index contributed by atoms with van der Waals surface area (Å²) in [5, 5.41) is 7.20. The Kier molecular flexibility index (Phi) is 2.97. The molecule has 1 N–H and O–H groups in total. The lowest BCUT2D eigenvalue weighted by molar-refractivity contribution is -0.205. The smallest absolute Gasteiger partial charge is 0.379 e. The van der Waals surface area contributed by atoms with Crippen molar-refractivity contribution in [2.45, 2.75) is 18.5 Å². The molecule has 0 amide bonds. The Balaban J connectivity index is 2.95. The lowest BCUT2D eigenvalue weighted by Gasteiger charge is -2.11. The summed E-state index contributed by atoms with van der Waals surface area (Å²) in [4.78, 5) is 1.88. The zero-order valence-electron chi connectivity index (χ0n) is 6.73. The number of hydrogen-bond acceptors (Lipinski definition) is 3. The van der Waals surface area contributed by atoms with Gasteiger partial charge in [0.2, 0.25) is 0 Å². The summed E-state index contributed by atoms with van der Waals surface area (Å²) >= 11 is -0.231. The molecule has 0 saturated carbocycles. The topological polar surface area (TPSA) is 33.1 Å². The zero-order valence-corrected chi connectivity index (χ0v) is 7.54. The van der Waals surface area contributed by atoms with Crippen LogP contribution in [0.1, 0.15) is 16.0 Å². The van der Waals surface area contributed by atoms with Crippen molar-refractivity contribution in [1.29, 1.82) is 0 Å². The molecule has 0 radical (unpaired) electrons. The molecule has 0 fully saturated rings. The average Bonchev–Trinajstić information content (AvgIpc) is 2.47. The highest BCUT2D eigenvalue weighted by Gasteiger charge is 2.42. The highest BCUT2D eigenvalue weighted by molar-refractivity contribution is 7.11. The van der Waals surface area contributed by atoms with Gasteiger partial charge in [0.1, 0.15) is 0 Å². The molecule has 1 rings (SSSR count). The van der Waals surface area contributed by atoms with E-state index in [0.29, 0.717) is 6.20 Å². The number of aliphatic hydroxyl groups is 1. The van der Waals surface area contributed by atoms with Gasteiger partial charge in [0.25, 0.3) is 0 Å². The molecule has 0 aliphatic carbocycles. The molecule has 1 atom stereocenters. The van der Waals surface area contributed by atoms with E-state index in [1.807, 2.05) is 0 Å². The molecule has 1 aromatic heterocycles. The van der Waals surface area contributed by atoms with Crippen molar-refractivity contribution in [1.82, 2.24) is 4.98 Å². The van der Waals surface area contributed by atoms with Gasteiger partial charge in [0, 0.05) is 6.20 Å². The summed E-state index contributed by atoms with van der Waals surface area (Å²) in [5.74, 6) is 0. The van der Waals surface area contributed by atoms with Crippen LogP contribution in [0.25, 0.3) is 0 Å². The summed E-state index contributed by atoms with van der Waals surface area (Å²) in [7, 11) is 0. The lowest BCUT2D eigenvalue weighted by Crippen LogP contribution is -2.19. The maximum absolute atomic E-state index is 11.9. The maximum Gasteiger partial charge on any atom is 0.443 e. The van der Waals surface area contributed by atoms with Gasteiger partial charge in [-0.05, 0) is 0 Å². The van der Waals surface area contributed by atoms with Crippen molar-refractivity contribution in [2.24, 2.45) is 0 Å². The largest absolute Gasteiger partial charge is 0.443 e. The highest BCUT2D eigenvalue weighted by Crippen LogP contribution is 2.39. The Hall–Kier alpha value is -0.830. The molecule has 0 unspecified atom stereocenters. The maximum atomic E-state index is 11.9. The van der Waals surface area contributed by atoms with Gasteiger partial charge in [-0.1, -0.05) is 0 Å². The molecule has 86 valence electrons. The van der Waals surface area contributed by atoms with E-state index in [0.717, 1.165) is 0 Å². The Bertz CT molecular complexity index is 342. The third-order valence-electron chi connectivity index (χ3n) is 1.35. The molecule has 2 nitrogen and oxygen atoms in total. The van der Waals surface area contributed by atoms with Gasteiger partial charge in [-0.2, -0.15) is 26.3 Å². The van der Waals surface area contributed by atoms with Crippen molar-refractivity contribution >= 4 is 11.3 Å². The summed E-state index contributed by atoms with van der Waals surface area (Å²) in [6.07, 6.45) is -12.3. The number of thiazole rings is 1. The van der Waals surface area contributed by atoms with Gasteiger partial charge < -0.3 is 5.11 Å². The van der Waals surface area contributed by atoms with Crippen LogP contribution in [-0.4, -0.2) is 16.3 Å². The molecule has 0 saturated heterocycles. The first-order valence-corrected chi connectivity index (χ1v) is 4.21. The van der Waals surface area contributed by atoms with Gasteiger partial charge in [0.15, 0.2) is 11.1 Å². The Morgan fingerprint density at radius 3 is 2.07 bits per heavy atom. The molecule has 0 aromatic carbocycles. The number of alkyl halides is 6. The Labute approximate surface area is 83.2 Å². The minimum Gasteiger partial charge on any atom is -0.379 e. The van der Waals surface area contributed by atoms with Crippen LogP contribution in [0.15, 0.2) is 6.20 Å². The first kappa shape index (κ1) is 12.2. The number of nitrogens with zero attached hydrogens (tertiary/aromatic N) is 1. The summed E-state index contributed by atoms with van der Waals surface area (Å²) < 4.78 is 71.5. The molecule has 0 spiro atoms. The number of hydrogen-bond donors (Lipinski definition) is 1. The van der Waals surface area contributed by atoms with Gasteiger partial charge in [-0.3, -0.25) is 0 Å². The van der Waals surface area contributed by atoms with E-state index < -0.39 is 28.3 Å². The van der Waals surface area contributed by atoms with Crippen LogP contribution in [-0.2, 0) is 6.18 Å². The van der Waals surface area contributed by atoms with E-state index >= 15 is 0 Å². The Morgan fingerprint density at radius 2 is 1.73 bits per heavy atom. The predicted molar refractivity (Wildman–Crippen MR) is 38.1 cm³/mol. The van der Waals surface area contributed by atoms with Crippen molar-refractivity contribution in [2.75, 3.05) is 0 Å². The number of halogens is 6. The fourth-order valence-electron chi connectivity index (χ4n) is 0.705. The molecular weight excluding hydrogens is 248 g/mol. The van der Waals surface area contributed by atoms with E-state index in [4.69, 9.17) is 5.11 Å². The normalized spacial score (nSPS) is 15.4. The molecule has 0 bridgehead atoms. The van der Waals surface area contributed by atoms with Crippen molar-refractivity contribution in [3.63, 3.8) is 0 Å². The van der Waals surface area contributed by atoms with Crippen LogP contribution in [0.4, 0.5) is 26.3 Å². The molecule has 15 heavy (non-hydrogen) atoms. The highest BCUT2D eigenvalue weighted by atomic mass is 32.1. The van der Waals surface area contributed by atoms with Crippen LogP contribution in [0.2, 0.25) is 0 Å². The van der Waals surface area contributed by atoms with E-state index in [1.54, 1.807) is 0 Å². The van der Waals surface area contributed by atoms with Gasteiger partial charge in [-0.15, -0.1) is 11.3 Å². The summed E-state index contributed by atoms with van der Waals surface area (Å²) in [6.45, 7) is 0. The van der Waals surface area contributed by atoms with Crippen molar-refractivity contribution < 1.29 is 31.4 Å². The fourth-order valence-corrected chi connectivity index (χ4v) is 1.50. The fraction of sp³-hybridized carbons (Fsp3) is 0.500. The monoisotopic (exact) mass is 251 g/mol. The molecule has 0 aliphatic heterocycles. The summed E-state index contributed by atoms with van der Waals surface area (Å²) in [6, 6.07) is 0. The van der Waals surface area contributed by atoms with Crippen LogP contribution in [0, 0.1) is 0 Å². The Morgan fingerprint density at radius 1 is 1.20 bits per heavy atom. The number of aromatic nitrogens is 1. The molecular formula is C6H3F6NOS. The van der Waals surface area contributed by atoms with Gasteiger partial charge >= 0.3 is 12.4 Å². The van der Waals surface area contributed by atoms with Crippen LogP contribution < -0.4 is 0 Å². The first-order chi connectivity index (χ1) is 6.62. The van der Waals surface area contributed by atoms with E-state index in [-0.39, 0.29) is 11.3 Å². The van der Waals surface area contributed by atoms with Crippen LogP contribution >= 0.6 is 11.3 Å². The van der Waals surface area contributed by atoms with Gasteiger partial charge in [0.05, 0.1) is 4.88 Å². The quantitative estimate of drug-likeness (QED) is 0.778. The first-order valence-electron chi connectivity index (χ1n) is 3.40. The second kappa shape index (κ2) is 3.63. The standard InChI is InChI=1S/C6H3F6NOS/c7-5(8,9)3(14)2-1-13-4(15-2)6(10,11)12/h1,3,14H/t3-/m1/s1. The van der Waals surface area contributed by atoms with Crippen LogP contribution in [0.3, 0.4) is 0 Å². The molecule has 9 heteroatoms. The van der Waals surface area contributed by atoms with E-state index in [9.17, 15) is 26.3 Å². The third-order valence-corrected chi connectivity index (χ3v) is 2.44. The number of aliphatic hydroxyl groups excluding tert-OH is 1. The summed E-state index contributed by atoms with van der Waals surface area (Å²) in [5.41, 5.74) is 0. The van der Waals surface area contributed by atoms with Crippen molar-refractivity contribution in [3.05, 3.63) is 16.1 Å². The molecule has 1 aromatic rings. The predicted octanol–water partition coefficient (Wildman–Crippen LogP) is 2.76. The zero-order chi connectivity index (χ0) is 11.9.